The maximum Gasteiger partial charge on any atom is 0.252 e. The molecule has 3 rings (SSSR count). The van der Waals surface area contributed by atoms with Gasteiger partial charge in [0.05, 0.1) is 12.2 Å². The maximum absolute atomic E-state index is 11.9. The van der Waals surface area contributed by atoms with Crippen LogP contribution in [-0.2, 0) is 17.7 Å². The smallest absolute Gasteiger partial charge is 0.252 e. The molecular weight excluding hydrogens is 298 g/mol. The number of nitrogens with zero attached hydrogens (tertiary/aromatic N) is 2. The van der Waals surface area contributed by atoms with Gasteiger partial charge in [0.2, 0.25) is 0 Å². The van der Waals surface area contributed by atoms with Gasteiger partial charge < -0.3 is 15.0 Å². The van der Waals surface area contributed by atoms with Crippen molar-refractivity contribution in [2.45, 2.75) is 13.0 Å². The fourth-order valence-corrected chi connectivity index (χ4v) is 3.41. The van der Waals surface area contributed by atoms with Crippen LogP contribution >= 0.6 is 11.3 Å². The monoisotopic (exact) mass is 317 g/mol. The number of nitrogens with one attached hydrogen (secondary N) is 1. The Balaban J connectivity index is 1.63. The Bertz CT molecular complexity index is 639. The van der Waals surface area contributed by atoms with Gasteiger partial charge in [0, 0.05) is 37.8 Å². The Morgan fingerprint density at radius 1 is 1.45 bits per heavy atom. The van der Waals surface area contributed by atoms with E-state index >= 15 is 0 Å². The number of aromatic nitrogens is 1. The lowest BCUT2D eigenvalue weighted by Crippen LogP contribution is -2.30. The van der Waals surface area contributed by atoms with Crippen LogP contribution in [0.3, 0.4) is 0 Å². The highest BCUT2D eigenvalue weighted by Gasteiger charge is 2.18. The SMILES string of the molecule is COCCNC(=O)c1ccc(N2CCc3sccc3C2)nc1. The molecule has 22 heavy (non-hydrogen) atoms. The van der Waals surface area contributed by atoms with Crippen molar-refractivity contribution in [1.29, 1.82) is 0 Å². The summed E-state index contributed by atoms with van der Waals surface area (Å²) in [5.74, 6) is 0.806. The fraction of sp³-hybridized carbons (Fsp3) is 0.375. The predicted molar refractivity (Wildman–Crippen MR) is 87.5 cm³/mol. The van der Waals surface area contributed by atoms with E-state index in [1.54, 1.807) is 13.3 Å². The Labute approximate surface area is 133 Å². The van der Waals surface area contributed by atoms with Crippen molar-refractivity contribution < 1.29 is 9.53 Å². The first-order valence-electron chi connectivity index (χ1n) is 7.31. The number of amides is 1. The van der Waals surface area contributed by atoms with Crippen molar-refractivity contribution in [2.75, 3.05) is 31.7 Å². The van der Waals surface area contributed by atoms with Crippen LogP contribution in [0, 0.1) is 0 Å². The first-order valence-corrected chi connectivity index (χ1v) is 8.19. The number of thiophene rings is 1. The molecule has 0 saturated carbocycles. The lowest BCUT2D eigenvalue weighted by molar-refractivity contribution is 0.0937. The lowest BCUT2D eigenvalue weighted by Gasteiger charge is -2.28. The Kier molecular flexibility index (Phi) is 4.70. The number of pyridine rings is 1. The molecule has 3 heterocycles. The number of fused-ring (bicyclic) bond motifs is 1. The zero-order chi connectivity index (χ0) is 15.4. The summed E-state index contributed by atoms with van der Waals surface area (Å²) >= 11 is 1.83. The third-order valence-corrected chi connectivity index (χ3v) is 4.76. The van der Waals surface area contributed by atoms with Crippen LogP contribution in [0.2, 0.25) is 0 Å². The highest BCUT2D eigenvalue weighted by Crippen LogP contribution is 2.26. The third kappa shape index (κ3) is 3.28. The summed E-state index contributed by atoms with van der Waals surface area (Å²) in [6.45, 7) is 2.88. The molecule has 1 aliphatic rings. The van der Waals surface area contributed by atoms with Gasteiger partial charge in [0.15, 0.2) is 0 Å². The van der Waals surface area contributed by atoms with Gasteiger partial charge in [-0.05, 0) is 35.6 Å². The number of carbonyl (C=O) groups is 1. The van der Waals surface area contributed by atoms with E-state index in [-0.39, 0.29) is 5.91 Å². The molecule has 2 aromatic rings. The molecule has 0 aromatic carbocycles. The third-order valence-electron chi connectivity index (χ3n) is 3.73. The molecule has 0 radical (unpaired) electrons. The Morgan fingerprint density at radius 3 is 3.14 bits per heavy atom. The highest BCUT2D eigenvalue weighted by molar-refractivity contribution is 7.10. The van der Waals surface area contributed by atoms with Gasteiger partial charge in [0.25, 0.3) is 5.91 Å². The lowest BCUT2D eigenvalue weighted by atomic mass is 10.1. The number of ether oxygens (including phenoxy) is 1. The predicted octanol–water partition coefficient (Wildman–Crippen LogP) is 2.08. The first kappa shape index (κ1) is 15.0. The molecule has 0 unspecified atom stereocenters. The van der Waals surface area contributed by atoms with E-state index < -0.39 is 0 Å². The summed E-state index contributed by atoms with van der Waals surface area (Å²) in [5.41, 5.74) is 1.97. The molecule has 0 aliphatic carbocycles. The van der Waals surface area contributed by atoms with E-state index in [1.165, 1.54) is 10.4 Å². The number of methoxy groups -OCH3 is 1. The van der Waals surface area contributed by atoms with E-state index in [4.69, 9.17) is 4.74 Å². The summed E-state index contributed by atoms with van der Waals surface area (Å²) in [4.78, 5) is 20.1. The largest absolute Gasteiger partial charge is 0.383 e. The number of rotatable bonds is 5. The van der Waals surface area contributed by atoms with Crippen molar-refractivity contribution in [3.8, 4) is 0 Å². The standard InChI is InChI=1S/C16H19N3O2S/c1-21-8-6-17-16(20)12-2-3-15(18-10-12)19-7-4-14-13(11-19)5-9-22-14/h2-3,5,9-10H,4,6-8,11H2,1H3,(H,17,20). The van der Waals surface area contributed by atoms with Crippen LogP contribution in [0.5, 0.6) is 0 Å². The van der Waals surface area contributed by atoms with Crippen molar-refractivity contribution in [3.63, 3.8) is 0 Å². The fourth-order valence-electron chi connectivity index (χ4n) is 2.52. The van der Waals surface area contributed by atoms with Crippen LogP contribution in [0.4, 0.5) is 5.82 Å². The topological polar surface area (TPSA) is 54.5 Å². The van der Waals surface area contributed by atoms with E-state index in [9.17, 15) is 4.79 Å². The van der Waals surface area contributed by atoms with E-state index in [0.29, 0.717) is 18.7 Å². The molecule has 1 amide bonds. The molecule has 5 nitrogen and oxygen atoms in total. The molecule has 2 aromatic heterocycles. The molecule has 0 fully saturated rings. The minimum absolute atomic E-state index is 0.116. The zero-order valence-electron chi connectivity index (χ0n) is 12.5. The molecule has 1 N–H and O–H groups in total. The average molecular weight is 317 g/mol. The van der Waals surface area contributed by atoms with Crippen molar-refractivity contribution in [2.24, 2.45) is 0 Å². The minimum atomic E-state index is -0.116. The van der Waals surface area contributed by atoms with Gasteiger partial charge in [-0.25, -0.2) is 4.98 Å². The van der Waals surface area contributed by atoms with Gasteiger partial charge in [-0.1, -0.05) is 0 Å². The maximum atomic E-state index is 11.9. The van der Waals surface area contributed by atoms with E-state index in [0.717, 1.165) is 25.3 Å². The summed E-state index contributed by atoms with van der Waals surface area (Å²) in [7, 11) is 1.61. The average Bonchev–Trinajstić information content (AvgIpc) is 3.02. The van der Waals surface area contributed by atoms with Gasteiger partial charge >= 0.3 is 0 Å². The summed E-state index contributed by atoms with van der Waals surface area (Å²) < 4.78 is 4.91. The molecule has 0 bridgehead atoms. The molecule has 6 heteroatoms. The van der Waals surface area contributed by atoms with Gasteiger partial charge in [-0.15, -0.1) is 11.3 Å². The van der Waals surface area contributed by atoms with E-state index in [1.807, 2.05) is 23.5 Å². The molecule has 116 valence electrons. The van der Waals surface area contributed by atoms with Crippen molar-refractivity contribution >= 4 is 23.1 Å². The summed E-state index contributed by atoms with van der Waals surface area (Å²) in [6.07, 6.45) is 2.70. The number of hydrogen-bond donors (Lipinski definition) is 1. The van der Waals surface area contributed by atoms with Gasteiger partial charge in [0.1, 0.15) is 5.82 Å². The molecule has 0 spiro atoms. The molecule has 0 atom stereocenters. The molecule has 1 aliphatic heterocycles. The minimum Gasteiger partial charge on any atom is -0.383 e. The van der Waals surface area contributed by atoms with Crippen molar-refractivity contribution in [3.05, 3.63) is 45.8 Å². The van der Waals surface area contributed by atoms with Crippen LogP contribution in [0.25, 0.3) is 0 Å². The van der Waals surface area contributed by atoms with E-state index in [2.05, 4.69) is 26.6 Å². The zero-order valence-corrected chi connectivity index (χ0v) is 13.4. The van der Waals surface area contributed by atoms with Crippen LogP contribution in [0.15, 0.2) is 29.8 Å². The van der Waals surface area contributed by atoms with Crippen LogP contribution in [0.1, 0.15) is 20.8 Å². The summed E-state index contributed by atoms with van der Waals surface area (Å²) in [5, 5.41) is 4.94. The quantitative estimate of drug-likeness (QED) is 0.858. The number of anilines is 1. The Hall–Kier alpha value is -1.92. The second kappa shape index (κ2) is 6.89. The second-order valence-electron chi connectivity index (χ2n) is 5.19. The number of hydrogen-bond acceptors (Lipinski definition) is 5. The van der Waals surface area contributed by atoms with Gasteiger partial charge in [-0.2, -0.15) is 0 Å². The van der Waals surface area contributed by atoms with Crippen molar-refractivity contribution in [1.82, 2.24) is 10.3 Å². The molecular formula is C16H19N3O2S. The Morgan fingerprint density at radius 2 is 2.36 bits per heavy atom. The van der Waals surface area contributed by atoms with Crippen LogP contribution in [-0.4, -0.2) is 37.7 Å². The first-order chi connectivity index (χ1) is 10.8. The normalized spacial score (nSPS) is 13.8. The second-order valence-corrected chi connectivity index (χ2v) is 6.20. The highest BCUT2D eigenvalue weighted by atomic mass is 32.1. The number of carbonyl (C=O) groups excluding carboxylic acids is 1. The molecule has 0 saturated heterocycles. The summed E-state index contributed by atoms with van der Waals surface area (Å²) in [6, 6.07) is 5.93. The van der Waals surface area contributed by atoms with Crippen LogP contribution < -0.4 is 10.2 Å². The van der Waals surface area contributed by atoms with Gasteiger partial charge in [-0.3, -0.25) is 4.79 Å².